The Labute approximate surface area is 425 Å². The van der Waals surface area contributed by atoms with E-state index in [9.17, 15) is 28.8 Å². The van der Waals surface area contributed by atoms with E-state index >= 15 is 0 Å². The Bertz CT molecular complexity index is 2420. The van der Waals surface area contributed by atoms with Crippen LogP contribution >= 0.6 is 15.9 Å². The summed E-state index contributed by atoms with van der Waals surface area (Å²) in [6.45, 7) is 35.3. The predicted molar refractivity (Wildman–Crippen MR) is 278 cm³/mol. The largest absolute Gasteiger partial charge is 0.299 e. The molecule has 0 aromatic rings. The van der Waals surface area contributed by atoms with Crippen molar-refractivity contribution in [2.75, 3.05) is 0 Å². The smallest absolute Gasteiger partial charge is 0.175 e. The Morgan fingerprint density at radius 3 is 1.62 bits per heavy atom. The molecule has 0 spiro atoms. The van der Waals surface area contributed by atoms with Gasteiger partial charge in [0.2, 0.25) is 0 Å². The van der Waals surface area contributed by atoms with Gasteiger partial charge in [0.25, 0.3) is 0 Å². The van der Waals surface area contributed by atoms with Crippen molar-refractivity contribution in [2.24, 2.45) is 106 Å². The molecule has 380 valence electrons. The molecule has 0 aliphatic heterocycles. The zero-order chi connectivity index (χ0) is 51.1. The maximum atomic E-state index is 14.3. The third-order valence-corrected chi connectivity index (χ3v) is 26.7. The molecule has 0 bridgehead atoms. The fourth-order valence-electron chi connectivity index (χ4n) is 20.3. The maximum absolute atomic E-state index is 14.3. The Morgan fingerprint density at radius 2 is 1.07 bits per heavy atom. The van der Waals surface area contributed by atoms with Crippen molar-refractivity contribution in [3.63, 3.8) is 0 Å². The molecular weight excluding hydrogens is 921 g/mol. The molecule has 0 unspecified atom stereocenters. The molecular formula is C62H89BrO6. The normalized spacial score (nSPS) is 52.3. The quantitative estimate of drug-likeness (QED) is 0.273. The first-order valence-corrected chi connectivity index (χ1v) is 28.3. The van der Waals surface area contributed by atoms with E-state index in [0.29, 0.717) is 28.4 Å². The highest BCUT2D eigenvalue weighted by atomic mass is 79.9. The topological polar surface area (TPSA) is 102 Å². The summed E-state index contributed by atoms with van der Waals surface area (Å²) in [5.74, 6) is 2.97. The third-order valence-electron chi connectivity index (χ3n) is 26.1. The number of rotatable bonds is 2. The Balaban J connectivity index is 0.000000172. The van der Waals surface area contributed by atoms with Crippen molar-refractivity contribution < 1.29 is 28.8 Å². The van der Waals surface area contributed by atoms with Crippen LogP contribution < -0.4 is 0 Å². The first-order valence-electron chi connectivity index (χ1n) is 27.5. The van der Waals surface area contributed by atoms with Crippen LogP contribution in [0.2, 0.25) is 0 Å². The van der Waals surface area contributed by atoms with Gasteiger partial charge in [-0.1, -0.05) is 115 Å². The SMILES string of the molecule is CC(=O)[C@@]1(C)CC[C@]2(C)CC[C@]3(C)[C@H](C(=O)C=C4[C@@]5(C)C=C(Br)C(=O)C(C)(C)[C@@H]5CC[C@]43C)[C@@H]2C1.CC(=O)[C@@]1(C)CC[C@]2(C)CC[C@]3(C)[C@H](C(=O)C[C@@H]4[C@@]5(C)C=CC(=O)C(C)(C)[C@@H]5CC[C@]43C)[C@@H]2C1. The summed E-state index contributed by atoms with van der Waals surface area (Å²) in [4.78, 5) is 79.9. The first-order chi connectivity index (χ1) is 31.5. The fourth-order valence-corrected chi connectivity index (χ4v) is 21.3. The lowest BCUT2D eigenvalue weighted by Crippen LogP contribution is -2.68. The molecule has 10 aliphatic carbocycles. The predicted octanol–water partition coefficient (Wildman–Crippen LogP) is 14.6. The van der Waals surface area contributed by atoms with Crippen molar-refractivity contribution in [2.45, 2.75) is 207 Å². The van der Waals surface area contributed by atoms with Crippen molar-refractivity contribution in [1.29, 1.82) is 0 Å². The van der Waals surface area contributed by atoms with E-state index in [0.717, 1.165) is 89.9 Å². The van der Waals surface area contributed by atoms with Gasteiger partial charge in [0.05, 0.1) is 4.48 Å². The molecule has 0 saturated heterocycles. The number of halogens is 1. The van der Waals surface area contributed by atoms with Crippen molar-refractivity contribution in [3.05, 3.63) is 34.4 Å². The number of hydrogen-bond donors (Lipinski definition) is 0. The van der Waals surface area contributed by atoms with E-state index in [1.807, 2.05) is 12.2 Å². The Morgan fingerprint density at radius 1 is 0.565 bits per heavy atom. The Hall–Kier alpha value is -2.28. The van der Waals surface area contributed by atoms with Crippen molar-refractivity contribution in [3.8, 4) is 0 Å². The minimum Gasteiger partial charge on any atom is -0.299 e. The molecule has 7 heteroatoms. The van der Waals surface area contributed by atoms with Gasteiger partial charge in [0.15, 0.2) is 17.3 Å². The summed E-state index contributed by atoms with van der Waals surface area (Å²) >= 11 is 3.60. The van der Waals surface area contributed by atoms with Crippen molar-refractivity contribution >= 4 is 50.6 Å². The van der Waals surface area contributed by atoms with Crippen LogP contribution in [-0.2, 0) is 28.8 Å². The molecule has 0 radical (unpaired) electrons. The van der Waals surface area contributed by atoms with Gasteiger partial charge in [-0.15, -0.1) is 0 Å². The average molecular weight is 1010 g/mol. The first kappa shape index (κ1) is 51.6. The summed E-state index contributed by atoms with van der Waals surface area (Å²) in [5.41, 5.74) is -0.623. The van der Waals surface area contributed by atoms with Crippen LogP contribution in [0.15, 0.2) is 34.4 Å². The van der Waals surface area contributed by atoms with Crippen LogP contribution in [0.5, 0.6) is 0 Å². The van der Waals surface area contributed by atoms with Crippen LogP contribution in [-0.4, -0.2) is 34.7 Å². The maximum Gasteiger partial charge on any atom is 0.175 e. The number of fused-ring (bicyclic) bond motifs is 14. The number of allylic oxidation sites excluding steroid dienone is 6. The molecule has 0 N–H and O–H groups in total. The zero-order valence-electron chi connectivity index (χ0n) is 45.8. The van der Waals surface area contributed by atoms with E-state index in [-0.39, 0.29) is 118 Å². The minimum absolute atomic E-state index is 0.0419. The summed E-state index contributed by atoms with van der Waals surface area (Å²) in [7, 11) is 0. The van der Waals surface area contributed by atoms with Crippen LogP contribution in [0.4, 0.5) is 0 Å². The second-order valence-corrected chi connectivity index (χ2v) is 30.5. The molecule has 7 fully saturated rings. The summed E-state index contributed by atoms with van der Waals surface area (Å²) in [5, 5.41) is 0. The highest BCUT2D eigenvalue weighted by molar-refractivity contribution is 9.12. The second kappa shape index (κ2) is 15.4. The summed E-state index contributed by atoms with van der Waals surface area (Å²) in [6, 6.07) is 0. The summed E-state index contributed by atoms with van der Waals surface area (Å²) in [6.07, 6.45) is 23.1. The molecule has 0 heterocycles. The van der Waals surface area contributed by atoms with Gasteiger partial charge in [-0.3, -0.25) is 28.8 Å². The van der Waals surface area contributed by atoms with Crippen LogP contribution in [0.1, 0.15) is 207 Å². The monoisotopic (exact) mass is 1010 g/mol. The van der Waals surface area contributed by atoms with Crippen LogP contribution in [0.3, 0.4) is 0 Å². The molecule has 6 nitrogen and oxygen atoms in total. The molecule has 0 aromatic carbocycles. The lowest BCUT2D eigenvalue weighted by Gasteiger charge is -2.71. The zero-order valence-corrected chi connectivity index (χ0v) is 47.4. The standard InChI is InChI=1S/C31H43BrO3.C31H46O3/c1-18(33)28(5)12-11-27(4)13-14-31(8)24(19(27)16-28)21(34)15-23-29(6)17-20(32)25(35)26(2,3)22(29)9-10-30(23,31)7;1-19(32)28(5)14-13-27(4)15-16-31(8)25(20(27)18-28)21(33)17-23-29(6)11-10-24(34)26(2,3)22(29)9-12-30(23,31)7/h15,17,19,22,24H,9-14,16H2,1-8H3;10-11,20,22-23,25H,9,12-18H2,1-8H3/t19-,22-,24-,27+,28-,29-,30+,31+;20-,22-,23+,25-,27+,28-,29-,30+,31+/m00/s1. The number of ketones is 6. The van der Waals surface area contributed by atoms with Crippen LogP contribution in [0.25, 0.3) is 0 Å². The highest BCUT2D eigenvalue weighted by Crippen LogP contribution is 2.77. The Kier molecular flexibility index (Phi) is 11.5. The minimum atomic E-state index is -0.469. The van der Waals surface area contributed by atoms with Gasteiger partial charge in [-0.25, -0.2) is 0 Å². The number of carbonyl (C=O) groups excluding carboxylic acids is 6. The van der Waals surface area contributed by atoms with Gasteiger partial charge in [0.1, 0.15) is 17.3 Å². The second-order valence-electron chi connectivity index (χ2n) is 29.7. The van der Waals surface area contributed by atoms with Gasteiger partial charge in [-0.2, -0.15) is 0 Å². The summed E-state index contributed by atoms with van der Waals surface area (Å²) < 4.78 is 0.659. The molecule has 10 rings (SSSR count). The molecule has 0 aromatic heterocycles. The van der Waals surface area contributed by atoms with E-state index in [4.69, 9.17) is 0 Å². The van der Waals surface area contributed by atoms with Gasteiger partial charge < -0.3 is 0 Å². The molecule has 7 saturated carbocycles. The number of hydrogen-bond acceptors (Lipinski definition) is 6. The van der Waals surface area contributed by atoms with E-state index in [1.165, 1.54) is 5.57 Å². The number of carbonyl (C=O) groups is 6. The van der Waals surface area contributed by atoms with E-state index in [1.54, 1.807) is 13.8 Å². The van der Waals surface area contributed by atoms with Crippen molar-refractivity contribution in [1.82, 2.24) is 0 Å². The lowest BCUT2D eigenvalue weighted by atomic mass is 9.32. The molecule has 0 amide bonds. The molecule has 17 atom stereocenters. The van der Waals surface area contributed by atoms with E-state index in [2.05, 4.69) is 125 Å². The van der Waals surface area contributed by atoms with E-state index < -0.39 is 5.41 Å². The fraction of sp³-hybridized carbons (Fsp3) is 0.806. The highest BCUT2D eigenvalue weighted by Gasteiger charge is 2.73. The van der Waals surface area contributed by atoms with Gasteiger partial charge in [0, 0.05) is 45.3 Å². The van der Waals surface area contributed by atoms with Crippen LogP contribution in [0, 0.1) is 106 Å². The third kappa shape index (κ3) is 6.62. The lowest BCUT2D eigenvalue weighted by molar-refractivity contribution is -0.220. The molecule has 10 aliphatic rings. The van der Waals surface area contributed by atoms with Gasteiger partial charge >= 0.3 is 0 Å². The average Bonchev–Trinajstić information content (AvgIpc) is 3.25. The molecule has 69 heavy (non-hydrogen) atoms. The van der Waals surface area contributed by atoms with Gasteiger partial charge in [-0.05, 0) is 199 Å². The number of Topliss-reactive ketones (excluding diaryl/α,β-unsaturated/α-hetero) is 4.